The van der Waals surface area contributed by atoms with Crippen molar-refractivity contribution in [2.75, 3.05) is 25.1 Å². The van der Waals surface area contributed by atoms with Gasteiger partial charge in [-0.05, 0) is 43.3 Å². The predicted octanol–water partition coefficient (Wildman–Crippen LogP) is 4.51. The Kier molecular flexibility index (Phi) is 7.69. The molecule has 0 aromatic heterocycles. The normalized spacial score (nSPS) is 10.7. The number of nitrogens with one attached hydrogen (secondary N) is 2. The quantitative estimate of drug-likeness (QED) is 0.506. The van der Waals surface area contributed by atoms with E-state index in [0.717, 1.165) is 0 Å². The van der Waals surface area contributed by atoms with Crippen molar-refractivity contribution in [3.63, 3.8) is 0 Å². The maximum Gasteiger partial charge on any atom is 0.288 e. The van der Waals surface area contributed by atoms with Crippen molar-refractivity contribution in [3.05, 3.63) is 54.1 Å². The van der Waals surface area contributed by atoms with Crippen molar-refractivity contribution >= 4 is 29.0 Å². The van der Waals surface area contributed by atoms with E-state index in [1.807, 2.05) is 13.0 Å². The summed E-state index contributed by atoms with van der Waals surface area (Å²) in [5.74, 6) is -2.65. The summed E-state index contributed by atoms with van der Waals surface area (Å²) in [5.41, 5.74) is 1.86. The molecule has 2 aromatic carbocycles. The lowest BCUT2D eigenvalue weighted by Gasteiger charge is -2.13. The number of amides is 1. The van der Waals surface area contributed by atoms with Crippen LogP contribution in [0.25, 0.3) is 0 Å². The topological polar surface area (TPSA) is 50.4 Å². The van der Waals surface area contributed by atoms with E-state index in [-0.39, 0.29) is 5.91 Å². The van der Waals surface area contributed by atoms with E-state index < -0.39 is 5.76 Å². The summed E-state index contributed by atoms with van der Waals surface area (Å²) in [6, 6.07) is 13.8. The third kappa shape index (κ3) is 6.36. The number of benzene rings is 2. The van der Waals surface area contributed by atoms with Crippen molar-refractivity contribution in [2.24, 2.45) is 0 Å². The maximum absolute atomic E-state index is 12.4. The number of rotatable bonds is 9. The minimum atomic E-state index is -2.44. The Morgan fingerprint density at radius 3 is 2.56 bits per heavy atom. The average molecular weight is 366 g/mol. The Morgan fingerprint density at radius 2 is 1.88 bits per heavy atom. The molecular weight excluding hydrogens is 346 g/mol. The lowest BCUT2D eigenvalue weighted by atomic mass is 10.1. The van der Waals surface area contributed by atoms with Gasteiger partial charge in [-0.3, -0.25) is 4.79 Å². The third-order valence-corrected chi connectivity index (χ3v) is 3.99. The van der Waals surface area contributed by atoms with Crippen LogP contribution in [-0.2, 0) is 4.74 Å². The van der Waals surface area contributed by atoms with Gasteiger partial charge in [-0.1, -0.05) is 23.9 Å². The first-order valence-corrected chi connectivity index (χ1v) is 8.75. The van der Waals surface area contributed by atoms with Gasteiger partial charge in [0.25, 0.3) is 11.7 Å². The molecule has 1 amide bonds. The van der Waals surface area contributed by atoms with Gasteiger partial charge in [-0.15, -0.1) is 0 Å². The molecule has 0 saturated heterocycles. The summed E-state index contributed by atoms with van der Waals surface area (Å²) >= 11 is 0.497. The summed E-state index contributed by atoms with van der Waals surface area (Å²) in [5, 5.41) is 5.95. The zero-order valence-electron chi connectivity index (χ0n) is 13.8. The number of alkyl halides is 2. The number of anilines is 2. The molecule has 0 atom stereocenters. The second-order valence-corrected chi connectivity index (χ2v) is 6.09. The van der Waals surface area contributed by atoms with Crippen molar-refractivity contribution in [1.29, 1.82) is 0 Å². The molecule has 0 radical (unpaired) electrons. The number of carbonyl (C=O) groups excluding carboxylic acids is 1. The highest BCUT2D eigenvalue weighted by Gasteiger charge is 2.11. The number of ether oxygens (including phenoxy) is 1. The first kappa shape index (κ1) is 19.2. The molecule has 0 saturated carbocycles. The third-order valence-electron chi connectivity index (χ3n) is 3.27. The second kappa shape index (κ2) is 10.0. The Hall–Kier alpha value is -2.12. The van der Waals surface area contributed by atoms with Crippen LogP contribution in [0.15, 0.2) is 53.4 Å². The van der Waals surface area contributed by atoms with Crippen molar-refractivity contribution in [2.45, 2.75) is 17.6 Å². The van der Waals surface area contributed by atoms with Gasteiger partial charge in [0.2, 0.25) is 0 Å². The van der Waals surface area contributed by atoms with Gasteiger partial charge in [0.1, 0.15) is 0 Å². The molecule has 0 bridgehead atoms. The molecule has 0 aliphatic carbocycles. The number of hydrogen-bond donors (Lipinski definition) is 2. The van der Waals surface area contributed by atoms with Crippen LogP contribution in [0.4, 0.5) is 20.2 Å². The Labute approximate surface area is 150 Å². The second-order valence-electron chi connectivity index (χ2n) is 5.03. The van der Waals surface area contributed by atoms with Crippen molar-refractivity contribution in [3.8, 4) is 0 Å². The summed E-state index contributed by atoms with van der Waals surface area (Å²) in [4.78, 5) is 12.8. The van der Waals surface area contributed by atoms with E-state index in [1.54, 1.807) is 42.5 Å². The smallest absolute Gasteiger partial charge is 0.288 e. The highest BCUT2D eigenvalue weighted by Crippen LogP contribution is 2.27. The molecule has 0 heterocycles. The fraction of sp³-hybridized carbons (Fsp3) is 0.278. The molecule has 134 valence electrons. The SMILES string of the molecule is CCOCCNC(=O)c1ccccc1Nc1ccc(SC(F)F)cc1. The molecular formula is C18H20F2N2O2S. The van der Waals surface area contributed by atoms with E-state index in [4.69, 9.17) is 4.74 Å². The van der Waals surface area contributed by atoms with Crippen LogP contribution in [0.3, 0.4) is 0 Å². The van der Waals surface area contributed by atoms with E-state index in [1.165, 1.54) is 0 Å². The fourth-order valence-electron chi connectivity index (χ4n) is 2.14. The van der Waals surface area contributed by atoms with E-state index in [2.05, 4.69) is 10.6 Å². The molecule has 0 fully saturated rings. The van der Waals surface area contributed by atoms with Gasteiger partial charge in [-0.25, -0.2) is 0 Å². The average Bonchev–Trinajstić information content (AvgIpc) is 2.60. The van der Waals surface area contributed by atoms with Crippen LogP contribution in [0.5, 0.6) is 0 Å². The molecule has 0 spiro atoms. The van der Waals surface area contributed by atoms with Crippen molar-refractivity contribution in [1.82, 2.24) is 5.32 Å². The van der Waals surface area contributed by atoms with E-state index in [9.17, 15) is 13.6 Å². The van der Waals surface area contributed by atoms with Crippen LogP contribution in [0, 0.1) is 0 Å². The number of hydrogen-bond acceptors (Lipinski definition) is 4. The lowest BCUT2D eigenvalue weighted by molar-refractivity contribution is 0.0923. The highest BCUT2D eigenvalue weighted by atomic mass is 32.2. The molecule has 0 aliphatic rings. The van der Waals surface area contributed by atoms with E-state index >= 15 is 0 Å². The van der Waals surface area contributed by atoms with Crippen LogP contribution < -0.4 is 10.6 Å². The summed E-state index contributed by atoms with van der Waals surface area (Å²) < 4.78 is 29.9. The largest absolute Gasteiger partial charge is 0.380 e. The minimum absolute atomic E-state index is 0.201. The minimum Gasteiger partial charge on any atom is -0.380 e. The molecule has 0 aliphatic heterocycles. The van der Waals surface area contributed by atoms with Gasteiger partial charge in [0.05, 0.1) is 17.9 Å². The van der Waals surface area contributed by atoms with Crippen LogP contribution in [-0.4, -0.2) is 31.4 Å². The molecule has 4 nitrogen and oxygen atoms in total. The number of halogens is 2. The molecule has 7 heteroatoms. The maximum atomic E-state index is 12.4. The monoisotopic (exact) mass is 366 g/mol. The Balaban J connectivity index is 2.03. The fourth-order valence-corrected chi connectivity index (χ4v) is 2.64. The molecule has 25 heavy (non-hydrogen) atoms. The summed E-state index contributed by atoms with van der Waals surface area (Å²) in [6.07, 6.45) is 0. The van der Waals surface area contributed by atoms with Gasteiger partial charge in [0.15, 0.2) is 0 Å². The number of thioether (sulfide) groups is 1. The standard InChI is InChI=1S/C18H20F2N2O2S/c1-2-24-12-11-21-17(23)15-5-3-4-6-16(15)22-13-7-9-14(10-8-13)25-18(19)20/h3-10,18,22H,2,11-12H2,1H3,(H,21,23). The van der Waals surface area contributed by atoms with E-state index in [0.29, 0.717) is 53.4 Å². The molecule has 2 N–H and O–H groups in total. The number of carbonyl (C=O) groups is 1. The molecule has 2 aromatic rings. The zero-order chi connectivity index (χ0) is 18.1. The van der Waals surface area contributed by atoms with Crippen molar-refractivity contribution < 1.29 is 18.3 Å². The summed E-state index contributed by atoms with van der Waals surface area (Å²) in [6.45, 7) is 3.39. The van der Waals surface area contributed by atoms with Crippen LogP contribution in [0.1, 0.15) is 17.3 Å². The molecule has 2 rings (SSSR count). The first-order chi connectivity index (χ1) is 12.1. The van der Waals surface area contributed by atoms with Gasteiger partial charge >= 0.3 is 0 Å². The summed E-state index contributed by atoms with van der Waals surface area (Å²) in [7, 11) is 0. The van der Waals surface area contributed by atoms with Gasteiger partial charge in [-0.2, -0.15) is 8.78 Å². The van der Waals surface area contributed by atoms with Gasteiger partial charge < -0.3 is 15.4 Å². The first-order valence-electron chi connectivity index (χ1n) is 7.87. The van der Waals surface area contributed by atoms with Crippen LogP contribution >= 0.6 is 11.8 Å². The Morgan fingerprint density at radius 1 is 1.16 bits per heavy atom. The zero-order valence-corrected chi connectivity index (χ0v) is 14.6. The van der Waals surface area contributed by atoms with Crippen LogP contribution in [0.2, 0.25) is 0 Å². The predicted molar refractivity (Wildman–Crippen MR) is 96.9 cm³/mol. The lowest BCUT2D eigenvalue weighted by Crippen LogP contribution is -2.27. The highest BCUT2D eigenvalue weighted by molar-refractivity contribution is 7.99. The number of para-hydroxylation sites is 1. The molecule has 0 unspecified atom stereocenters. The van der Waals surface area contributed by atoms with Gasteiger partial charge in [0, 0.05) is 23.7 Å². The Bertz CT molecular complexity index is 681.